The maximum Gasteiger partial charge on any atom is 0.340 e. The maximum atomic E-state index is 12.4. The molecule has 1 fully saturated rings. The molecule has 1 atom stereocenters. The number of esters is 2. The van der Waals surface area contributed by atoms with E-state index in [9.17, 15) is 19.7 Å². The van der Waals surface area contributed by atoms with E-state index in [1.807, 2.05) is 0 Å². The van der Waals surface area contributed by atoms with Gasteiger partial charge in [0.15, 0.2) is 0 Å². The van der Waals surface area contributed by atoms with E-state index < -0.39 is 22.9 Å². The summed E-state index contributed by atoms with van der Waals surface area (Å²) >= 11 is 0. The smallest absolute Gasteiger partial charge is 0.340 e. The number of nitro groups is 1. The number of carbonyl (C=O) groups excluding carboxylic acids is 2. The second-order valence-corrected chi connectivity index (χ2v) is 5.78. The lowest BCUT2D eigenvalue weighted by Crippen LogP contribution is -2.38. The summed E-state index contributed by atoms with van der Waals surface area (Å²) in [6.07, 6.45) is 1.26. The first-order valence-corrected chi connectivity index (χ1v) is 8.79. The average Bonchev–Trinajstić information content (AvgIpc) is 3.16. The van der Waals surface area contributed by atoms with Gasteiger partial charge in [-0.05, 0) is 51.0 Å². The van der Waals surface area contributed by atoms with Crippen molar-refractivity contribution >= 4 is 17.6 Å². The molecule has 0 radical (unpaired) electrons. The van der Waals surface area contributed by atoms with Crippen LogP contribution in [0, 0.1) is 10.1 Å². The molecule has 0 bridgehead atoms. The van der Waals surface area contributed by atoms with Crippen LogP contribution in [0.3, 0.4) is 0 Å². The molecule has 1 saturated heterocycles. The first kappa shape index (κ1) is 20.2. The number of nitrogens with one attached hydrogen (secondary N) is 2. The van der Waals surface area contributed by atoms with Crippen LogP contribution >= 0.6 is 0 Å². The van der Waals surface area contributed by atoms with Gasteiger partial charge >= 0.3 is 11.9 Å². The molecule has 9 nitrogen and oxygen atoms in total. The maximum absolute atomic E-state index is 12.4. The van der Waals surface area contributed by atoms with E-state index in [0.29, 0.717) is 29.9 Å². The third-order valence-corrected chi connectivity index (χ3v) is 3.95. The zero-order valence-electron chi connectivity index (χ0n) is 15.3. The zero-order chi connectivity index (χ0) is 19.8. The summed E-state index contributed by atoms with van der Waals surface area (Å²) in [7, 11) is 0. The number of nitrogens with zero attached hydrogens (tertiary/aromatic N) is 1. The Morgan fingerprint density at radius 1 is 1.22 bits per heavy atom. The van der Waals surface area contributed by atoms with Crippen molar-refractivity contribution in [3.05, 3.63) is 51.3 Å². The van der Waals surface area contributed by atoms with Gasteiger partial charge in [0.1, 0.15) is 0 Å². The number of rotatable bonds is 8. The fourth-order valence-corrected chi connectivity index (χ4v) is 2.75. The second-order valence-electron chi connectivity index (χ2n) is 5.78. The van der Waals surface area contributed by atoms with Gasteiger partial charge in [0, 0.05) is 12.2 Å². The number of benzene rings is 1. The molecule has 0 aromatic heterocycles. The van der Waals surface area contributed by atoms with Gasteiger partial charge in [-0.25, -0.2) is 9.59 Å². The fraction of sp³-hybridized carbons (Fsp3) is 0.444. The first-order valence-electron chi connectivity index (χ1n) is 8.79. The summed E-state index contributed by atoms with van der Waals surface area (Å²) in [4.78, 5) is 35.2. The lowest BCUT2D eigenvalue weighted by atomic mass is 10.1. The summed E-state index contributed by atoms with van der Waals surface area (Å²) in [5.74, 6) is -1.20. The van der Waals surface area contributed by atoms with Gasteiger partial charge in [0.2, 0.25) is 6.04 Å². The Morgan fingerprint density at radius 2 is 1.89 bits per heavy atom. The molecule has 0 amide bonds. The van der Waals surface area contributed by atoms with Gasteiger partial charge in [0.25, 0.3) is 5.70 Å². The topological polar surface area (TPSA) is 120 Å². The molecule has 2 N–H and O–H groups in total. The van der Waals surface area contributed by atoms with Crippen LogP contribution in [0.1, 0.15) is 37.0 Å². The van der Waals surface area contributed by atoms with Gasteiger partial charge in [-0.2, -0.15) is 0 Å². The predicted octanol–water partition coefficient (Wildman–Crippen LogP) is 2.08. The molecule has 0 saturated carbocycles. The largest absolute Gasteiger partial charge is 0.464 e. The first-order chi connectivity index (χ1) is 13.0. The number of anilines is 1. The van der Waals surface area contributed by atoms with Crippen molar-refractivity contribution in [1.29, 1.82) is 0 Å². The predicted molar refractivity (Wildman–Crippen MR) is 97.7 cm³/mol. The summed E-state index contributed by atoms with van der Waals surface area (Å²) in [5.41, 5.74) is 0.966. The van der Waals surface area contributed by atoms with Crippen molar-refractivity contribution in [2.75, 3.05) is 25.1 Å². The molecule has 9 heteroatoms. The minimum Gasteiger partial charge on any atom is -0.464 e. The average molecular weight is 377 g/mol. The van der Waals surface area contributed by atoms with Crippen LogP contribution in [0.4, 0.5) is 5.69 Å². The molecular weight excluding hydrogens is 354 g/mol. The van der Waals surface area contributed by atoms with Crippen molar-refractivity contribution in [2.24, 2.45) is 0 Å². The SMILES string of the molecule is CCOC(=O)c1ccc(NC(C(=O)OCC)/C(=C2/CCCN2)[N+](=O)[O-])cc1. The Morgan fingerprint density at radius 3 is 2.41 bits per heavy atom. The van der Waals surface area contributed by atoms with E-state index in [2.05, 4.69) is 10.6 Å². The van der Waals surface area contributed by atoms with Crippen LogP contribution < -0.4 is 10.6 Å². The normalized spacial score (nSPS) is 16.1. The van der Waals surface area contributed by atoms with Crippen LogP contribution in [0.2, 0.25) is 0 Å². The number of allylic oxidation sites excluding steroid dienone is 1. The highest BCUT2D eigenvalue weighted by Gasteiger charge is 2.37. The summed E-state index contributed by atoms with van der Waals surface area (Å²) in [6, 6.07) is 4.89. The Hall–Kier alpha value is -3.10. The molecule has 0 spiro atoms. The molecule has 1 aromatic carbocycles. The van der Waals surface area contributed by atoms with Gasteiger partial charge in [0.05, 0.1) is 29.4 Å². The standard InChI is InChI=1S/C18H23N3O6/c1-3-26-17(22)12-7-9-13(10-8-12)20-15(18(23)27-4-2)16(21(24)25)14-6-5-11-19-14/h7-10,15,19-20H,3-6,11H2,1-2H3/b16-14+. The number of ether oxygens (including phenoxy) is 2. The van der Waals surface area contributed by atoms with Crippen molar-refractivity contribution in [2.45, 2.75) is 32.7 Å². The molecule has 1 unspecified atom stereocenters. The van der Waals surface area contributed by atoms with Crippen LogP contribution in [0.5, 0.6) is 0 Å². The highest BCUT2D eigenvalue weighted by atomic mass is 16.6. The van der Waals surface area contributed by atoms with Crippen LogP contribution in [0.25, 0.3) is 0 Å². The van der Waals surface area contributed by atoms with Gasteiger partial charge in [-0.3, -0.25) is 10.1 Å². The monoisotopic (exact) mass is 377 g/mol. The molecule has 2 rings (SSSR count). The molecule has 27 heavy (non-hydrogen) atoms. The lowest BCUT2D eigenvalue weighted by Gasteiger charge is -2.18. The molecule has 1 aliphatic heterocycles. The lowest BCUT2D eigenvalue weighted by molar-refractivity contribution is -0.429. The van der Waals surface area contributed by atoms with Crippen molar-refractivity contribution in [3.63, 3.8) is 0 Å². The summed E-state index contributed by atoms with van der Waals surface area (Å²) in [5, 5.41) is 17.5. The van der Waals surface area contributed by atoms with E-state index in [1.54, 1.807) is 26.0 Å². The van der Waals surface area contributed by atoms with Crippen LogP contribution in [-0.2, 0) is 14.3 Å². The molecule has 1 heterocycles. The van der Waals surface area contributed by atoms with Crippen molar-refractivity contribution < 1.29 is 24.0 Å². The number of hydrogen-bond donors (Lipinski definition) is 2. The molecule has 146 valence electrons. The quantitative estimate of drug-likeness (QED) is 0.401. The van der Waals surface area contributed by atoms with E-state index in [0.717, 1.165) is 6.42 Å². The Labute approximate surface area is 156 Å². The summed E-state index contributed by atoms with van der Waals surface area (Å²) < 4.78 is 9.94. The molecule has 1 aliphatic rings. The zero-order valence-corrected chi connectivity index (χ0v) is 15.3. The number of carbonyl (C=O) groups is 2. The second kappa shape index (κ2) is 9.56. The van der Waals surface area contributed by atoms with Gasteiger partial charge in [-0.15, -0.1) is 0 Å². The molecular formula is C18H23N3O6. The third kappa shape index (κ3) is 5.19. The fourth-order valence-electron chi connectivity index (χ4n) is 2.75. The van der Waals surface area contributed by atoms with Crippen LogP contribution in [0.15, 0.2) is 35.7 Å². The Bertz CT molecular complexity index is 721. The van der Waals surface area contributed by atoms with E-state index >= 15 is 0 Å². The van der Waals surface area contributed by atoms with E-state index in [1.165, 1.54) is 12.1 Å². The number of hydrogen-bond acceptors (Lipinski definition) is 8. The highest BCUT2D eigenvalue weighted by Crippen LogP contribution is 2.22. The van der Waals surface area contributed by atoms with Crippen molar-refractivity contribution in [1.82, 2.24) is 5.32 Å². The molecule has 1 aromatic rings. The van der Waals surface area contributed by atoms with Gasteiger partial charge in [-0.1, -0.05) is 0 Å². The van der Waals surface area contributed by atoms with Crippen LogP contribution in [-0.4, -0.2) is 42.7 Å². The minimum atomic E-state index is -1.27. The van der Waals surface area contributed by atoms with E-state index in [-0.39, 0.29) is 18.9 Å². The Kier molecular flexibility index (Phi) is 7.16. The van der Waals surface area contributed by atoms with Gasteiger partial charge < -0.3 is 20.1 Å². The molecule has 0 aliphatic carbocycles. The Balaban J connectivity index is 2.29. The third-order valence-electron chi connectivity index (χ3n) is 3.95. The summed E-state index contributed by atoms with van der Waals surface area (Å²) in [6.45, 7) is 4.33. The highest BCUT2D eigenvalue weighted by molar-refractivity contribution is 5.90. The van der Waals surface area contributed by atoms with Crippen molar-refractivity contribution in [3.8, 4) is 0 Å². The van der Waals surface area contributed by atoms with E-state index in [4.69, 9.17) is 9.47 Å². The minimum absolute atomic E-state index is 0.104.